The average molecular weight is 439 g/mol. The quantitative estimate of drug-likeness (QED) is 0.678. The van der Waals surface area contributed by atoms with E-state index in [1.54, 1.807) is 0 Å². The second kappa shape index (κ2) is 9.43. The number of carbonyl (C=O) groups excluding carboxylic acids is 2. The Morgan fingerprint density at radius 3 is 2.19 bits per heavy atom. The lowest BCUT2D eigenvalue weighted by Crippen LogP contribution is -2.53. The molecule has 6 heteroatoms. The van der Waals surface area contributed by atoms with Gasteiger partial charge in [0.25, 0.3) is 0 Å². The maximum Gasteiger partial charge on any atom is 0.333 e. The number of benzene rings is 2. The minimum atomic E-state index is -0.896. The van der Waals surface area contributed by atoms with Gasteiger partial charge in [-0.05, 0) is 52.7 Å². The molecule has 0 spiro atoms. The zero-order valence-electron chi connectivity index (χ0n) is 19.8. The highest BCUT2D eigenvalue weighted by Gasteiger charge is 2.46. The Morgan fingerprint density at radius 1 is 1.06 bits per heavy atom. The molecule has 0 aliphatic carbocycles. The van der Waals surface area contributed by atoms with Gasteiger partial charge < -0.3 is 14.8 Å². The molecule has 1 saturated heterocycles. The highest BCUT2D eigenvalue weighted by molar-refractivity contribution is 5.88. The Labute approximate surface area is 190 Å². The maximum absolute atomic E-state index is 13.4. The summed E-state index contributed by atoms with van der Waals surface area (Å²) in [6.45, 7) is 11.7. The highest BCUT2D eigenvalue weighted by atomic mass is 16.6. The highest BCUT2D eigenvalue weighted by Crippen LogP contribution is 2.38. The van der Waals surface area contributed by atoms with E-state index in [1.165, 1.54) is 0 Å². The lowest BCUT2D eigenvalue weighted by atomic mass is 10.0. The third-order valence-electron chi connectivity index (χ3n) is 5.60. The summed E-state index contributed by atoms with van der Waals surface area (Å²) in [5.41, 5.74) is 0.470. The van der Waals surface area contributed by atoms with E-state index in [2.05, 4.69) is 10.2 Å². The first-order chi connectivity index (χ1) is 15.0. The van der Waals surface area contributed by atoms with Crippen molar-refractivity contribution < 1.29 is 19.1 Å². The van der Waals surface area contributed by atoms with Crippen molar-refractivity contribution in [3.63, 3.8) is 0 Å². The SMILES string of the molecule is C[C@@H](C(=O)N[C@H](C(=O)OC(C)(C)C)c1ccccc1)N1[C@H](c2ccccc2)COC1(C)C. The Balaban J connectivity index is 1.85. The van der Waals surface area contributed by atoms with E-state index in [-0.39, 0.29) is 11.9 Å². The first-order valence-electron chi connectivity index (χ1n) is 11.0. The minimum absolute atomic E-state index is 0.0661. The van der Waals surface area contributed by atoms with Crippen LogP contribution in [0.2, 0.25) is 0 Å². The van der Waals surface area contributed by atoms with Gasteiger partial charge in [-0.1, -0.05) is 60.7 Å². The molecule has 6 nitrogen and oxygen atoms in total. The van der Waals surface area contributed by atoms with Crippen LogP contribution in [0.5, 0.6) is 0 Å². The molecule has 2 aromatic rings. The maximum atomic E-state index is 13.4. The summed E-state index contributed by atoms with van der Waals surface area (Å²) in [6, 6.07) is 17.7. The van der Waals surface area contributed by atoms with E-state index in [9.17, 15) is 9.59 Å². The van der Waals surface area contributed by atoms with Crippen LogP contribution in [0.1, 0.15) is 64.8 Å². The molecular weight excluding hydrogens is 404 g/mol. The number of rotatable bonds is 6. The lowest BCUT2D eigenvalue weighted by molar-refractivity contribution is -0.159. The summed E-state index contributed by atoms with van der Waals surface area (Å²) >= 11 is 0. The van der Waals surface area contributed by atoms with Crippen LogP contribution in [-0.4, -0.2) is 40.8 Å². The number of carbonyl (C=O) groups is 2. The lowest BCUT2D eigenvalue weighted by Gasteiger charge is -2.38. The number of esters is 1. The molecule has 0 unspecified atom stereocenters. The van der Waals surface area contributed by atoms with Gasteiger partial charge >= 0.3 is 5.97 Å². The van der Waals surface area contributed by atoms with Crippen molar-refractivity contribution >= 4 is 11.9 Å². The molecule has 1 aliphatic rings. The van der Waals surface area contributed by atoms with Gasteiger partial charge in [0.15, 0.2) is 6.04 Å². The van der Waals surface area contributed by atoms with Crippen LogP contribution in [0.15, 0.2) is 60.7 Å². The van der Waals surface area contributed by atoms with Gasteiger partial charge in [0.2, 0.25) is 5.91 Å². The van der Waals surface area contributed by atoms with Gasteiger partial charge in [-0.2, -0.15) is 0 Å². The molecule has 0 radical (unpaired) electrons. The molecule has 3 atom stereocenters. The topological polar surface area (TPSA) is 67.9 Å². The van der Waals surface area contributed by atoms with Crippen molar-refractivity contribution in [1.29, 1.82) is 0 Å². The van der Waals surface area contributed by atoms with Crippen LogP contribution in [0.3, 0.4) is 0 Å². The zero-order valence-corrected chi connectivity index (χ0v) is 19.8. The molecular formula is C26H34N2O4. The molecule has 2 aromatic carbocycles. The Kier molecular flexibility index (Phi) is 7.06. The molecule has 3 rings (SSSR count). The van der Waals surface area contributed by atoms with Crippen molar-refractivity contribution in [2.24, 2.45) is 0 Å². The fourth-order valence-electron chi connectivity index (χ4n) is 4.16. The second-order valence-corrected chi connectivity index (χ2v) is 9.65. The number of nitrogens with zero attached hydrogens (tertiary/aromatic N) is 1. The van der Waals surface area contributed by atoms with Crippen LogP contribution < -0.4 is 5.32 Å². The largest absolute Gasteiger partial charge is 0.458 e. The van der Waals surface area contributed by atoms with Crippen LogP contribution in [-0.2, 0) is 19.1 Å². The van der Waals surface area contributed by atoms with Crippen molar-refractivity contribution in [2.75, 3.05) is 6.61 Å². The standard InChI is InChI=1S/C26H34N2O4/c1-18(28-21(17-31-26(28,5)6)19-13-9-7-10-14-19)23(29)27-22(20-15-11-8-12-16-20)24(30)32-25(2,3)4/h7-16,18,21-22H,17H2,1-6H3,(H,27,29)/t18-,21-,22-/m0/s1. The molecule has 1 aliphatic heterocycles. The molecule has 32 heavy (non-hydrogen) atoms. The first kappa shape index (κ1) is 24.0. The van der Waals surface area contributed by atoms with Crippen molar-refractivity contribution in [3.05, 3.63) is 71.8 Å². The summed E-state index contributed by atoms with van der Waals surface area (Å²) < 4.78 is 11.6. The van der Waals surface area contributed by atoms with Gasteiger partial charge in [0, 0.05) is 0 Å². The molecule has 1 heterocycles. The Bertz CT molecular complexity index is 922. The number of hydrogen-bond donors (Lipinski definition) is 1. The van der Waals surface area contributed by atoms with Gasteiger partial charge in [0.05, 0.1) is 18.7 Å². The number of hydrogen-bond acceptors (Lipinski definition) is 5. The molecule has 1 N–H and O–H groups in total. The predicted octanol–water partition coefficient (Wildman–Crippen LogP) is 4.38. The molecule has 172 valence electrons. The summed E-state index contributed by atoms with van der Waals surface area (Å²) in [5, 5.41) is 2.93. The number of ether oxygens (including phenoxy) is 2. The fourth-order valence-corrected chi connectivity index (χ4v) is 4.16. The number of amides is 1. The van der Waals surface area contributed by atoms with E-state index in [0.717, 1.165) is 5.56 Å². The van der Waals surface area contributed by atoms with Gasteiger partial charge in [0.1, 0.15) is 11.3 Å². The third kappa shape index (κ3) is 5.56. The van der Waals surface area contributed by atoms with E-state index in [0.29, 0.717) is 12.2 Å². The van der Waals surface area contributed by atoms with Crippen LogP contribution in [0.25, 0.3) is 0 Å². The Morgan fingerprint density at radius 2 is 1.62 bits per heavy atom. The minimum Gasteiger partial charge on any atom is -0.458 e. The predicted molar refractivity (Wildman–Crippen MR) is 124 cm³/mol. The first-order valence-corrected chi connectivity index (χ1v) is 11.0. The normalized spacial score (nSPS) is 20.4. The smallest absolute Gasteiger partial charge is 0.333 e. The monoisotopic (exact) mass is 438 g/mol. The van der Waals surface area contributed by atoms with Gasteiger partial charge in [-0.15, -0.1) is 0 Å². The summed E-state index contributed by atoms with van der Waals surface area (Å²) in [5.74, 6) is -0.745. The molecule has 1 fully saturated rings. The summed E-state index contributed by atoms with van der Waals surface area (Å²) in [4.78, 5) is 28.5. The fraction of sp³-hybridized carbons (Fsp3) is 0.462. The van der Waals surface area contributed by atoms with Crippen molar-refractivity contribution in [3.8, 4) is 0 Å². The van der Waals surface area contributed by atoms with E-state index >= 15 is 0 Å². The summed E-state index contributed by atoms with van der Waals surface area (Å²) in [6.07, 6.45) is 0. The van der Waals surface area contributed by atoms with Crippen LogP contribution >= 0.6 is 0 Å². The van der Waals surface area contributed by atoms with Gasteiger partial charge in [-0.25, -0.2) is 4.79 Å². The van der Waals surface area contributed by atoms with E-state index in [4.69, 9.17) is 9.47 Å². The van der Waals surface area contributed by atoms with E-state index < -0.39 is 29.4 Å². The molecule has 0 bridgehead atoms. The average Bonchev–Trinajstić information content (AvgIpc) is 3.06. The second-order valence-electron chi connectivity index (χ2n) is 9.65. The Hall–Kier alpha value is -2.70. The van der Waals surface area contributed by atoms with Crippen LogP contribution in [0, 0.1) is 0 Å². The molecule has 1 amide bonds. The van der Waals surface area contributed by atoms with Crippen molar-refractivity contribution in [2.45, 2.75) is 71.0 Å². The van der Waals surface area contributed by atoms with Crippen LogP contribution in [0.4, 0.5) is 0 Å². The van der Waals surface area contributed by atoms with E-state index in [1.807, 2.05) is 102 Å². The van der Waals surface area contributed by atoms with Crippen molar-refractivity contribution in [1.82, 2.24) is 10.2 Å². The summed E-state index contributed by atoms with van der Waals surface area (Å²) in [7, 11) is 0. The zero-order chi connectivity index (χ0) is 23.5. The third-order valence-corrected chi connectivity index (χ3v) is 5.60. The van der Waals surface area contributed by atoms with Gasteiger partial charge in [-0.3, -0.25) is 9.69 Å². The molecule has 0 aromatic heterocycles. The number of nitrogens with one attached hydrogen (secondary N) is 1. The molecule has 0 saturated carbocycles.